The van der Waals surface area contributed by atoms with Gasteiger partial charge in [-0.15, -0.1) is 11.3 Å². The fraction of sp³-hybridized carbons (Fsp3) is 0.273. The van der Waals surface area contributed by atoms with E-state index in [1.165, 1.54) is 5.56 Å². The highest BCUT2D eigenvalue weighted by atomic mass is 32.1. The number of hydrogen-bond donors (Lipinski definition) is 1. The highest BCUT2D eigenvalue weighted by molar-refractivity contribution is 7.13. The van der Waals surface area contributed by atoms with Crippen LogP contribution < -0.4 is 5.32 Å². The van der Waals surface area contributed by atoms with Crippen molar-refractivity contribution in [2.24, 2.45) is 0 Å². The van der Waals surface area contributed by atoms with Crippen molar-refractivity contribution in [3.63, 3.8) is 0 Å². The maximum Gasteiger partial charge on any atom is 0.182 e. The molecular weight excluding hydrogens is 206 g/mol. The lowest BCUT2D eigenvalue weighted by Crippen LogP contribution is -2.04. The maximum atomic E-state index is 4.25. The topological polar surface area (TPSA) is 37.8 Å². The molecule has 0 radical (unpaired) electrons. The minimum absolute atomic E-state index is 0.901. The monoisotopic (exact) mass is 219 g/mol. The molecule has 2 heterocycles. The summed E-state index contributed by atoms with van der Waals surface area (Å²) in [7, 11) is 0. The second-order valence-corrected chi connectivity index (χ2v) is 4.22. The van der Waals surface area contributed by atoms with Gasteiger partial charge >= 0.3 is 0 Å². The van der Waals surface area contributed by atoms with Crippen molar-refractivity contribution in [3.05, 3.63) is 41.2 Å². The van der Waals surface area contributed by atoms with Crippen LogP contribution in [-0.2, 0) is 6.42 Å². The standard InChI is InChI=1S/C11H13N3S/c1-9-2-3-10(8-14-9)4-5-12-11-13-6-7-15-11/h2-3,6-8H,4-5H2,1H3,(H,12,13). The Balaban J connectivity index is 1.81. The van der Waals surface area contributed by atoms with Crippen LogP contribution in [0.5, 0.6) is 0 Å². The zero-order valence-corrected chi connectivity index (χ0v) is 9.42. The van der Waals surface area contributed by atoms with Gasteiger partial charge in [-0.3, -0.25) is 4.98 Å². The number of nitrogens with one attached hydrogen (secondary N) is 1. The molecule has 0 unspecified atom stereocenters. The molecule has 0 aromatic carbocycles. The Hall–Kier alpha value is -1.42. The summed E-state index contributed by atoms with van der Waals surface area (Å²) in [4.78, 5) is 8.41. The van der Waals surface area contributed by atoms with Crippen LogP contribution in [0.4, 0.5) is 5.13 Å². The molecule has 0 aliphatic heterocycles. The number of rotatable bonds is 4. The molecule has 0 amide bonds. The molecule has 4 heteroatoms. The van der Waals surface area contributed by atoms with E-state index in [-0.39, 0.29) is 0 Å². The molecule has 0 spiro atoms. The number of aryl methyl sites for hydroxylation is 1. The lowest BCUT2D eigenvalue weighted by Gasteiger charge is -2.02. The maximum absolute atomic E-state index is 4.25. The van der Waals surface area contributed by atoms with E-state index in [0.717, 1.165) is 23.8 Å². The molecule has 0 saturated carbocycles. The summed E-state index contributed by atoms with van der Waals surface area (Å²) in [6.45, 7) is 2.90. The summed E-state index contributed by atoms with van der Waals surface area (Å²) < 4.78 is 0. The zero-order chi connectivity index (χ0) is 10.5. The van der Waals surface area contributed by atoms with E-state index in [0.29, 0.717) is 0 Å². The summed E-state index contributed by atoms with van der Waals surface area (Å²) in [5.41, 5.74) is 2.32. The van der Waals surface area contributed by atoms with Crippen molar-refractivity contribution < 1.29 is 0 Å². The Morgan fingerprint density at radius 1 is 1.33 bits per heavy atom. The van der Waals surface area contributed by atoms with Crippen LogP contribution in [0.3, 0.4) is 0 Å². The fourth-order valence-electron chi connectivity index (χ4n) is 1.27. The largest absolute Gasteiger partial charge is 0.361 e. The van der Waals surface area contributed by atoms with Crippen molar-refractivity contribution in [1.29, 1.82) is 0 Å². The highest BCUT2D eigenvalue weighted by Gasteiger charge is 1.95. The smallest absolute Gasteiger partial charge is 0.182 e. The number of thiazole rings is 1. The quantitative estimate of drug-likeness (QED) is 0.858. The molecule has 0 aliphatic rings. The average Bonchev–Trinajstić information content (AvgIpc) is 2.74. The molecule has 0 fully saturated rings. The van der Waals surface area contributed by atoms with Gasteiger partial charge in [-0.05, 0) is 25.0 Å². The minimum Gasteiger partial charge on any atom is -0.361 e. The minimum atomic E-state index is 0.901. The number of anilines is 1. The number of hydrogen-bond acceptors (Lipinski definition) is 4. The average molecular weight is 219 g/mol. The van der Waals surface area contributed by atoms with Crippen LogP contribution in [0.25, 0.3) is 0 Å². The molecule has 2 rings (SSSR count). The van der Waals surface area contributed by atoms with E-state index in [9.17, 15) is 0 Å². The lowest BCUT2D eigenvalue weighted by atomic mass is 10.2. The van der Waals surface area contributed by atoms with Crippen LogP contribution in [0.1, 0.15) is 11.3 Å². The molecular formula is C11H13N3S. The van der Waals surface area contributed by atoms with E-state index < -0.39 is 0 Å². The molecule has 78 valence electrons. The van der Waals surface area contributed by atoms with Crippen LogP contribution in [-0.4, -0.2) is 16.5 Å². The molecule has 2 aromatic heterocycles. The SMILES string of the molecule is Cc1ccc(CCNc2nccs2)cn1. The van der Waals surface area contributed by atoms with E-state index in [4.69, 9.17) is 0 Å². The van der Waals surface area contributed by atoms with Gasteiger partial charge in [0.15, 0.2) is 5.13 Å². The molecule has 0 bridgehead atoms. The highest BCUT2D eigenvalue weighted by Crippen LogP contribution is 2.10. The molecule has 1 N–H and O–H groups in total. The Labute approximate surface area is 93.2 Å². The number of pyridine rings is 1. The van der Waals surface area contributed by atoms with Crippen molar-refractivity contribution in [2.75, 3.05) is 11.9 Å². The summed E-state index contributed by atoms with van der Waals surface area (Å²) in [5.74, 6) is 0. The molecule has 0 atom stereocenters. The molecule has 15 heavy (non-hydrogen) atoms. The Morgan fingerprint density at radius 2 is 2.27 bits per heavy atom. The van der Waals surface area contributed by atoms with Crippen LogP contribution in [0.15, 0.2) is 29.9 Å². The second-order valence-electron chi connectivity index (χ2n) is 3.32. The number of aromatic nitrogens is 2. The lowest BCUT2D eigenvalue weighted by molar-refractivity contribution is 0.994. The third-order valence-electron chi connectivity index (χ3n) is 2.09. The van der Waals surface area contributed by atoms with E-state index in [1.807, 2.05) is 24.6 Å². The first-order valence-corrected chi connectivity index (χ1v) is 5.77. The number of nitrogens with zero attached hydrogens (tertiary/aromatic N) is 2. The third kappa shape index (κ3) is 3.02. The van der Waals surface area contributed by atoms with E-state index >= 15 is 0 Å². The Bertz CT molecular complexity index is 394. The Kier molecular flexibility index (Phi) is 3.29. The van der Waals surface area contributed by atoms with Gasteiger partial charge in [0, 0.05) is 30.0 Å². The molecule has 0 aliphatic carbocycles. The summed E-state index contributed by atoms with van der Waals surface area (Å²) in [6.07, 6.45) is 4.71. The van der Waals surface area contributed by atoms with Crippen molar-refractivity contribution in [2.45, 2.75) is 13.3 Å². The van der Waals surface area contributed by atoms with Gasteiger partial charge in [0.05, 0.1) is 0 Å². The van der Waals surface area contributed by atoms with Gasteiger partial charge in [-0.1, -0.05) is 6.07 Å². The third-order valence-corrected chi connectivity index (χ3v) is 2.83. The molecule has 2 aromatic rings. The predicted octanol–water partition coefficient (Wildman–Crippen LogP) is 2.50. The molecule has 0 saturated heterocycles. The van der Waals surface area contributed by atoms with Crippen LogP contribution in [0, 0.1) is 6.92 Å². The summed E-state index contributed by atoms with van der Waals surface area (Å²) in [5, 5.41) is 6.22. The van der Waals surface area contributed by atoms with Crippen molar-refractivity contribution >= 4 is 16.5 Å². The van der Waals surface area contributed by atoms with Gasteiger partial charge in [-0.2, -0.15) is 0 Å². The fourth-order valence-corrected chi connectivity index (χ4v) is 1.83. The van der Waals surface area contributed by atoms with Crippen LogP contribution >= 0.6 is 11.3 Å². The van der Waals surface area contributed by atoms with Gasteiger partial charge in [0.25, 0.3) is 0 Å². The zero-order valence-electron chi connectivity index (χ0n) is 8.60. The van der Waals surface area contributed by atoms with E-state index in [2.05, 4.69) is 21.4 Å². The van der Waals surface area contributed by atoms with Crippen molar-refractivity contribution in [1.82, 2.24) is 9.97 Å². The van der Waals surface area contributed by atoms with Gasteiger partial charge in [0.2, 0.25) is 0 Å². The molecule has 3 nitrogen and oxygen atoms in total. The van der Waals surface area contributed by atoms with Crippen molar-refractivity contribution in [3.8, 4) is 0 Å². The first kappa shape index (κ1) is 10.1. The first-order chi connectivity index (χ1) is 7.34. The summed E-state index contributed by atoms with van der Waals surface area (Å²) >= 11 is 1.62. The first-order valence-electron chi connectivity index (χ1n) is 4.89. The second kappa shape index (κ2) is 4.89. The van der Waals surface area contributed by atoms with E-state index in [1.54, 1.807) is 17.5 Å². The Morgan fingerprint density at radius 3 is 2.93 bits per heavy atom. The van der Waals surface area contributed by atoms with Gasteiger partial charge < -0.3 is 5.32 Å². The van der Waals surface area contributed by atoms with Gasteiger partial charge in [-0.25, -0.2) is 4.98 Å². The van der Waals surface area contributed by atoms with Gasteiger partial charge in [0.1, 0.15) is 0 Å². The summed E-state index contributed by atoms with van der Waals surface area (Å²) in [6, 6.07) is 4.16. The predicted molar refractivity (Wildman–Crippen MR) is 63.3 cm³/mol. The van der Waals surface area contributed by atoms with Crippen LogP contribution in [0.2, 0.25) is 0 Å². The normalized spacial score (nSPS) is 10.2.